The van der Waals surface area contributed by atoms with Crippen molar-refractivity contribution in [3.8, 4) is 0 Å². The first-order valence-corrected chi connectivity index (χ1v) is 9.43. The van der Waals surface area contributed by atoms with Crippen LogP contribution in [0.25, 0.3) is 10.9 Å². The number of benzene rings is 2. The molecular weight excluding hydrogens is 350 g/mol. The van der Waals surface area contributed by atoms with Crippen LogP contribution >= 0.6 is 0 Å². The van der Waals surface area contributed by atoms with Crippen molar-refractivity contribution in [2.75, 3.05) is 19.4 Å². The van der Waals surface area contributed by atoms with Gasteiger partial charge >= 0.3 is 0 Å². The number of pyridine rings is 1. The molecule has 6 nitrogen and oxygen atoms in total. The number of carbonyl (C=O) groups is 1. The van der Waals surface area contributed by atoms with Crippen LogP contribution in [0, 0.1) is 6.92 Å². The van der Waals surface area contributed by atoms with Gasteiger partial charge in [-0.05, 0) is 36.8 Å². The largest absolute Gasteiger partial charge is 0.321 e. The fourth-order valence-corrected chi connectivity index (χ4v) is 3.58. The second kappa shape index (κ2) is 6.86. The normalized spacial score (nSPS) is 11.7. The highest BCUT2D eigenvalue weighted by atomic mass is 32.2. The van der Waals surface area contributed by atoms with E-state index >= 15 is 0 Å². The number of para-hydroxylation sites is 1. The van der Waals surface area contributed by atoms with Crippen molar-refractivity contribution in [1.29, 1.82) is 0 Å². The average molecular weight is 369 g/mol. The van der Waals surface area contributed by atoms with Crippen LogP contribution in [0.2, 0.25) is 0 Å². The fraction of sp³-hybridized carbons (Fsp3) is 0.158. The highest BCUT2D eigenvalue weighted by Gasteiger charge is 2.19. The average Bonchev–Trinajstić information content (AvgIpc) is 2.62. The van der Waals surface area contributed by atoms with Crippen LogP contribution in [0.4, 0.5) is 5.69 Å². The summed E-state index contributed by atoms with van der Waals surface area (Å²) in [5.41, 5.74) is 2.72. The Hall–Kier alpha value is -2.77. The molecule has 0 radical (unpaired) electrons. The third kappa shape index (κ3) is 3.31. The van der Waals surface area contributed by atoms with Crippen LogP contribution in [0.15, 0.2) is 59.6 Å². The number of nitrogens with zero attached hydrogens (tertiary/aromatic N) is 2. The summed E-state index contributed by atoms with van der Waals surface area (Å²) < 4.78 is 25.6. The zero-order chi connectivity index (χ0) is 18.9. The van der Waals surface area contributed by atoms with Crippen LogP contribution in [-0.4, -0.2) is 37.7 Å². The first-order valence-electron chi connectivity index (χ1n) is 7.99. The molecular formula is C19H19N3O3S. The summed E-state index contributed by atoms with van der Waals surface area (Å²) in [7, 11) is -0.699. The van der Waals surface area contributed by atoms with Gasteiger partial charge in [0, 0.05) is 31.2 Å². The molecule has 3 aromatic rings. The van der Waals surface area contributed by atoms with Crippen LogP contribution in [0.3, 0.4) is 0 Å². The third-order valence-corrected chi connectivity index (χ3v) is 5.91. The first kappa shape index (κ1) is 18.0. The first-order chi connectivity index (χ1) is 12.3. The summed E-state index contributed by atoms with van der Waals surface area (Å²) in [6, 6.07) is 13.4. The van der Waals surface area contributed by atoms with Crippen LogP contribution in [0.1, 0.15) is 15.9 Å². The maximum atomic E-state index is 12.7. The van der Waals surface area contributed by atoms with E-state index < -0.39 is 10.0 Å². The van der Waals surface area contributed by atoms with E-state index in [9.17, 15) is 13.2 Å². The van der Waals surface area contributed by atoms with Crippen molar-refractivity contribution in [3.05, 3.63) is 65.9 Å². The van der Waals surface area contributed by atoms with Gasteiger partial charge in [-0.1, -0.05) is 24.3 Å². The molecule has 0 aliphatic heterocycles. The van der Waals surface area contributed by atoms with Crippen molar-refractivity contribution in [1.82, 2.24) is 9.29 Å². The Morgan fingerprint density at radius 3 is 2.54 bits per heavy atom. The van der Waals surface area contributed by atoms with Crippen molar-refractivity contribution in [2.45, 2.75) is 11.8 Å². The number of hydrogen-bond acceptors (Lipinski definition) is 4. The fourth-order valence-electron chi connectivity index (χ4n) is 2.64. The van der Waals surface area contributed by atoms with Gasteiger partial charge in [0.25, 0.3) is 5.91 Å². The number of hydrogen-bond donors (Lipinski definition) is 1. The lowest BCUT2D eigenvalue weighted by molar-refractivity contribution is 0.102. The SMILES string of the molecule is Cc1cccc2c(NC(=O)c3cccc(S(=O)(=O)N(C)C)c3)ccnc12. The number of anilines is 1. The monoisotopic (exact) mass is 369 g/mol. The quantitative estimate of drug-likeness (QED) is 0.767. The number of fused-ring (bicyclic) bond motifs is 1. The number of aromatic nitrogens is 1. The molecule has 7 heteroatoms. The van der Waals surface area contributed by atoms with Gasteiger partial charge < -0.3 is 5.32 Å². The summed E-state index contributed by atoms with van der Waals surface area (Å²) in [5.74, 6) is -0.380. The molecule has 0 atom stereocenters. The topological polar surface area (TPSA) is 79.4 Å². The third-order valence-electron chi connectivity index (χ3n) is 4.10. The number of sulfonamides is 1. The second-order valence-electron chi connectivity index (χ2n) is 6.10. The molecule has 1 aromatic heterocycles. The maximum absolute atomic E-state index is 12.7. The lowest BCUT2D eigenvalue weighted by Crippen LogP contribution is -2.22. The summed E-state index contributed by atoms with van der Waals surface area (Å²) in [6.45, 7) is 1.95. The van der Waals surface area contributed by atoms with Gasteiger partial charge in [0.15, 0.2) is 0 Å². The number of rotatable bonds is 4. The molecule has 0 spiro atoms. The zero-order valence-electron chi connectivity index (χ0n) is 14.7. The molecule has 1 heterocycles. The minimum atomic E-state index is -3.60. The Bertz CT molecular complexity index is 1090. The van der Waals surface area contributed by atoms with E-state index in [0.29, 0.717) is 5.69 Å². The van der Waals surface area contributed by atoms with E-state index in [1.807, 2.05) is 25.1 Å². The Morgan fingerprint density at radius 2 is 1.81 bits per heavy atom. The van der Waals surface area contributed by atoms with E-state index in [4.69, 9.17) is 0 Å². The van der Waals surface area contributed by atoms with Gasteiger partial charge in [0.05, 0.1) is 16.1 Å². The van der Waals surface area contributed by atoms with Gasteiger partial charge in [0.2, 0.25) is 10.0 Å². The molecule has 0 aliphatic rings. The smallest absolute Gasteiger partial charge is 0.255 e. The summed E-state index contributed by atoms with van der Waals surface area (Å²) in [6.07, 6.45) is 1.64. The van der Waals surface area contributed by atoms with Gasteiger partial charge in [-0.15, -0.1) is 0 Å². The van der Waals surface area contributed by atoms with E-state index in [1.165, 1.54) is 26.2 Å². The van der Waals surface area contributed by atoms with Gasteiger partial charge in [-0.25, -0.2) is 12.7 Å². The van der Waals surface area contributed by atoms with Gasteiger partial charge in [-0.2, -0.15) is 0 Å². The highest BCUT2D eigenvalue weighted by molar-refractivity contribution is 7.89. The predicted octanol–water partition coefficient (Wildman–Crippen LogP) is 3.05. The molecule has 1 amide bonds. The standard InChI is InChI=1S/C19H19N3O3S/c1-13-6-4-9-16-17(10-11-20-18(13)16)21-19(23)14-7-5-8-15(12-14)26(24,25)22(2)3/h4-12H,1-3H3,(H,20,21,23). The Kier molecular flexibility index (Phi) is 4.76. The minimum Gasteiger partial charge on any atom is -0.321 e. The van der Waals surface area contributed by atoms with E-state index in [-0.39, 0.29) is 16.4 Å². The molecule has 0 saturated carbocycles. The van der Waals surface area contributed by atoms with Gasteiger partial charge in [-0.3, -0.25) is 9.78 Å². The molecule has 134 valence electrons. The number of nitrogens with one attached hydrogen (secondary N) is 1. The van der Waals surface area contributed by atoms with Crippen molar-refractivity contribution < 1.29 is 13.2 Å². The lowest BCUT2D eigenvalue weighted by Gasteiger charge is -2.13. The summed E-state index contributed by atoms with van der Waals surface area (Å²) >= 11 is 0. The molecule has 0 aliphatic carbocycles. The summed E-state index contributed by atoms with van der Waals surface area (Å²) in [5, 5.41) is 3.68. The number of aryl methyl sites for hydroxylation is 1. The van der Waals surface area contributed by atoms with E-state index in [2.05, 4.69) is 10.3 Å². The molecule has 0 bridgehead atoms. The molecule has 1 N–H and O–H groups in total. The molecule has 2 aromatic carbocycles. The van der Waals surface area contributed by atoms with Crippen LogP contribution in [-0.2, 0) is 10.0 Å². The molecule has 3 rings (SSSR count). The predicted molar refractivity (Wildman–Crippen MR) is 102 cm³/mol. The Labute approximate surface area is 152 Å². The molecule has 0 unspecified atom stereocenters. The molecule has 0 fully saturated rings. The van der Waals surface area contributed by atoms with Crippen molar-refractivity contribution in [3.63, 3.8) is 0 Å². The number of amides is 1. The van der Waals surface area contributed by atoms with Crippen LogP contribution < -0.4 is 5.32 Å². The zero-order valence-corrected chi connectivity index (χ0v) is 15.5. The number of carbonyl (C=O) groups excluding carboxylic acids is 1. The Morgan fingerprint density at radius 1 is 1.08 bits per heavy atom. The summed E-state index contributed by atoms with van der Waals surface area (Å²) in [4.78, 5) is 17.1. The van der Waals surface area contributed by atoms with Crippen molar-refractivity contribution in [2.24, 2.45) is 0 Å². The van der Waals surface area contributed by atoms with Crippen LogP contribution in [0.5, 0.6) is 0 Å². The van der Waals surface area contributed by atoms with Gasteiger partial charge in [0.1, 0.15) is 0 Å². The van der Waals surface area contributed by atoms with Crippen molar-refractivity contribution >= 4 is 32.5 Å². The minimum absolute atomic E-state index is 0.0746. The molecule has 26 heavy (non-hydrogen) atoms. The Balaban J connectivity index is 1.96. The van der Waals surface area contributed by atoms with E-state index in [1.54, 1.807) is 24.4 Å². The lowest BCUT2D eigenvalue weighted by atomic mass is 10.1. The highest BCUT2D eigenvalue weighted by Crippen LogP contribution is 2.24. The molecule has 0 saturated heterocycles. The second-order valence-corrected chi connectivity index (χ2v) is 8.25. The maximum Gasteiger partial charge on any atom is 0.255 e. The van der Waals surface area contributed by atoms with E-state index in [0.717, 1.165) is 20.8 Å².